The lowest BCUT2D eigenvalue weighted by atomic mass is 10.7. The highest BCUT2D eigenvalue weighted by Gasteiger charge is 2.39. The Bertz CT molecular complexity index is 83.6. The summed E-state index contributed by atoms with van der Waals surface area (Å²) >= 11 is 0. The monoisotopic (exact) mass is 106 g/mol. The first-order valence-electron chi connectivity index (χ1n) is 1.68. The van der Waals surface area contributed by atoms with E-state index in [0.29, 0.717) is 6.54 Å². The van der Waals surface area contributed by atoms with Gasteiger partial charge < -0.3 is 5.11 Å². The van der Waals surface area contributed by atoms with Crippen molar-refractivity contribution in [1.29, 1.82) is 0 Å². The molecule has 0 radical (unpaired) electrons. The number of aliphatic hydroxyl groups excluding tert-OH is 1. The van der Waals surface area contributed by atoms with Gasteiger partial charge in [0, 0.05) is 0 Å². The molecule has 1 aliphatic heterocycles. The minimum absolute atomic E-state index is 0.495. The van der Waals surface area contributed by atoms with Crippen LogP contribution in [0.1, 0.15) is 0 Å². The molecule has 0 aromatic heterocycles. The molecule has 1 heterocycles. The molecule has 0 aromatic carbocycles. The minimum atomic E-state index is -1.42. The van der Waals surface area contributed by atoms with Gasteiger partial charge in [-0.1, -0.05) is 5.09 Å². The van der Waals surface area contributed by atoms with E-state index in [1.807, 2.05) is 0 Å². The lowest BCUT2D eigenvalue weighted by Crippen LogP contribution is -2.32. The zero-order valence-electron chi connectivity index (χ0n) is 3.09. The summed E-state index contributed by atoms with van der Waals surface area (Å²) in [6, 6.07) is 0. The van der Waals surface area contributed by atoms with E-state index in [-0.39, 0.29) is 0 Å². The van der Waals surface area contributed by atoms with Gasteiger partial charge in [0.15, 0.2) is 0 Å². The SMILES string of the molecule is O=[P+]1NCC1O. The summed E-state index contributed by atoms with van der Waals surface area (Å²) in [7, 11) is -1.42. The van der Waals surface area contributed by atoms with Crippen molar-refractivity contribution in [3.8, 4) is 0 Å². The molecule has 6 heavy (non-hydrogen) atoms. The molecule has 4 heteroatoms. The maximum atomic E-state index is 10.0. The number of rotatable bonds is 0. The van der Waals surface area contributed by atoms with Crippen molar-refractivity contribution in [2.45, 2.75) is 5.85 Å². The smallest absolute Gasteiger partial charge is 0.348 e. The van der Waals surface area contributed by atoms with E-state index in [1.165, 1.54) is 0 Å². The lowest BCUT2D eigenvalue weighted by Gasteiger charge is -2.03. The standard InChI is InChI=1S/C2H5NO2P/c4-2-1-3-6(2)5/h2,4H,1H2,(H,3,5)/q+1. The first kappa shape index (κ1) is 4.19. The average Bonchev–Trinajstić information content (AvgIpc) is 1.61. The van der Waals surface area contributed by atoms with E-state index in [2.05, 4.69) is 5.09 Å². The minimum Gasteiger partial charge on any atom is -0.348 e. The Labute approximate surface area is 36.2 Å². The van der Waals surface area contributed by atoms with Gasteiger partial charge in [0.05, 0.1) is 0 Å². The van der Waals surface area contributed by atoms with Crippen molar-refractivity contribution in [2.75, 3.05) is 6.54 Å². The molecule has 1 fully saturated rings. The Hall–Kier alpha value is 0.0200. The normalized spacial score (nSPS) is 38.8. The molecule has 2 N–H and O–H groups in total. The van der Waals surface area contributed by atoms with Gasteiger partial charge in [-0.05, 0) is 4.57 Å². The highest BCUT2D eigenvalue weighted by atomic mass is 31.1. The summed E-state index contributed by atoms with van der Waals surface area (Å²) in [6.07, 6.45) is 0. The summed E-state index contributed by atoms with van der Waals surface area (Å²) in [5.74, 6) is -0.569. The number of β-amino-alcohol motifs (C(OH)–C–C–N with tert-alkyl or cyclic N) is 1. The molecule has 2 atom stereocenters. The molecular formula is C2H5NO2P+. The van der Waals surface area contributed by atoms with Crippen LogP contribution in [0.2, 0.25) is 0 Å². The largest absolute Gasteiger partial charge is 0.465 e. The van der Waals surface area contributed by atoms with E-state index in [1.54, 1.807) is 0 Å². The van der Waals surface area contributed by atoms with Crippen molar-refractivity contribution >= 4 is 7.95 Å². The van der Waals surface area contributed by atoms with E-state index >= 15 is 0 Å². The first-order valence-corrected chi connectivity index (χ1v) is 3.01. The fraction of sp³-hybridized carbons (Fsp3) is 1.00. The summed E-state index contributed by atoms with van der Waals surface area (Å²) in [5, 5.41) is 10.9. The van der Waals surface area contributed by atoms with Gasteiger partial charge in [0.1, 0.15) is 6.54 Å². The third-order valence-electron chi connectivity index (χ3n) is 0.700. The van der Waals surface area contributed by atoms with E-state index in [9.17, 15) is 4.57 Å². The number of hydrogen-bond acceptors (Lipinski definition) is 2. The number of nitrogens with one attached hydrogen (secondary N) is 1. The fourth-order valence-corrected chi connectivity index (χ4v) is 0.742. The molecule has 2 unspecified atom stereocenters. The van der Waals surface area contributed by atoms with Crippen LogP contribution in [0, 0.1) is 0 Å². The lowest BCUT2D eigenvalue weighted by molar-refractivity contribution is 0.230. The molecule has 0 aliphatic carbocycles. The Morgan fingerprint density at radius 3 is 2.50 bits per heavy atom. The van der Waals surface area contributed by atoms with Crippen LogP contribution in [-0.2, 0) is 4.57 Å². The van der Waals surface area contributed by atoms with Crippen LogP contribution in [0.4, 0.5) is 0 Å². The van der Waals surface area contributed by atoms with Gasteiger partial charge in [0.25, 0.3) is 5.85 Å². The van der Waals surface area contributed by atoms with Gasteiger partial charge in [0.2, 0.25) is 0 Å². The molecule has 1 saturated heterocycles. The molecule has 3 nitrogen and oxygen atoms in total. The zero-order chi connectivity index (χ0) is 4.57. The van der Waals surface area contributed by atoms with Gasteiger partial charge in [-0.3, -0.25) is 0 Å². The van der Waals surface area contributed by atoms with Crippen LogP contribution < -0.4 is 5.09 Å². The quantitative estimate of drug-likeness (QED) is 0.415. The molecule has 34 valence electrons. The Kier molecular flexibility index (Phi) is 0.880. The first-order chi connectivity index (χ1) is 2.80. The second kappa shape index (κ2) is 1.26. The summed E-state index contributed by atoms with van der Waals surface area (Å²) in [5.41, 5.74) is 0. The Morgan fingerprint density at radius 2 is 2.50 bits per heavy atom. The van der Waals surface area contributed by atoms with Crippen molar-refractivity contribution in [2.24, 2.45) is 0 Å². The van der Waals surface area contributed by atoms with Crippen LogP contribution in [0.25, 0.3) is 0 Å². The third-order valence-corrected chi connectivity index (χ3v) is 1.92. The highest BCUT2D eigenvalue weighted by molar-refractivity contribution is 7.44. The Balaban J connectivity index is 2.39. The zero-order valence-corrected chi connectivity index (χ0v) is 3.98. The predicted octanol–water partition coefficient (Wildman–Crippen LogP) is -0.350. The number of aliphatic hydroxyl groups is 1. The summed E-state index contributed by atoms with van der Waals surface area (Å²) < 4.78 is 10.0. The molecule has 0 spiro atoms. The molecule has 0 saturated carbocycles. The molecule has 0 amide bonds. The van der Waals surface area contributed by atoms with Gasteiger partial charge in [-0.15, -0.1) is 0 Å². The van der Waals surface area contributed by atoms with Crippen molar-refractivity contribution in [1.82, 2.24) is 5.09 Å². The fourth-order valence-electron chi connectivity index (χ4n) is 0.247. The molecular weight excluding hydrogens is 101 g/mol. The second-order valence-corrected chi connectivity index (χ2v) is 2.73. The van der Waals surface area contributed by atoms with Crippen LogP contribution in [-0.4, -0.2) is 17.5 Å². The van der Waals surface area contributed by atoms with Crippen LogP contribution >= 0.6 is 7.95 Å². The second-order valence-electron chi connectivity index (χ2n) is 1.17. The highest BCUT2D eigenvalue weighted by Crippen LogP contribution is 2.28. The maximum Gasteiger partial charge on any atom is 0.465 e. The average molecular weight is 106 g/mol. The van der Waals surface area contributed by atoms with E-state index in [0.717, 1.165) is 0 Å². The van der Waals surface area contributed by atoms with Crippen molar-refractivity contribution in [3.05, 3.63) is 0 Å². The topological polar surface area (TPSA) is 49.3 Å². The number of hydrogen-bond donors (Lipinski definition) is 2. The summed E-state index contributed by atoms with van der Waals surface area (Å²) in [4.78, 5) is 0. The molecule has 0 bridgehead atoms. The van der Waals surface area contributed by atoms with Crippen LogP contribution in [0.15, 0.2) is 0 Å². The van der Waals surface area contributed by atoms with Gasteiger partial charge in [-0.2, -0.15) is 0 Å². The van der Waals surface area contributed by atoms with E-state index < -0.39 is 13.8 Å². The van der Waals surface area contributed by atoms with Crippen molar-refractivity contribution < 1.29 is 9.67 Å². The molecule has 0 aromatic rings. The van der Waals surface area contributed by atoms with Gasteiger partial charge in [-0.25, -0.2) is 0 Å². The van der Waals surface area contributed by atoms with Crippen LogP contribution in [0.3, 0.4) is 0 Å². The van der Waals surface area contributed by atoms with Crippen LogP contribution in [0.5, 0.6) is 0 Å². The summed E-state index contributed by atoms with van der Waals surface area (Å²) in [6.45, 7) is 0.495. The molecule has 1 aliphatic rings. The molecule has 1 rings (SSSR count). The van der Waals surface area contributed by atoms with Crippen molar-refractivity contribution in [3.63, 3.8) is 0 Å². The third kappa shape index (κ3) is 0.451. The maximum absolute atomic E-state index is 10.0. The van der Waals surface area contributed by atoms with Gasteiger partial charge >= 0.3 is 7.95 Å². The predicted molar refractivity (Wildman–Crippen MR) is 21.6 cm³/mol. The Morgan fingerprint density at radius 1 is 2.00 bits per heavy atom. The van der Waals surface area contributed by atoms with E-state index in [4.69, 9.17) is 5.11 Å².